The van der Waals surface area contributed by atoms with Gasteiger partial charge in [-0.15, -0.1) is 0 Å². The maximum atomic E-state index is 12.4. The maximum absolute atomic E-state index is 12.4. The van der Waals surface area contributed by atoms with E-state index in [4.69, 9.17) is 14.2 Å². The van der Waals surface area contributed by atoms with Crippen molar-refractivity contribution in [1.29, 1.82) is 0 Å². The van der Waals surface area contributed by atoms with Crippen LogP contribution in [0.3, 0.4) is 0 Å². The summed E-state index contributed by atoms with van der Waals surface area (Å²) in [6.45, 7) is -0.0790. The average molecular weight is 454 g/mol. The third-order valence-corrected chi connectivity index (χ3v) is 5.54. The molecule has 1 aliphatic rings. The fourth-order valence-electron chi connectivity index (χ4n) is 3.65. The molecule has 1 aliphatic heterocycles. The first-order valence-electron chi connectivity index (χ1n) is 9.09. The molecule has 1 amide bonds. The summed E-state index contributed by atoms with van der Waals surface area (Å²) in [4.78, 5) is 12.4. The Labute approximate surface area is 177 Å². The number of methoxy groups -OCH3 is 2. The summed E-state index contributed by atoms with van der Waals surface area (Å²) < 4.78 is 17.9. The van der Waals surface area contributed by atoms with Crippen molar-refractivity contribution in [3.05, 3.63) is 87.9 Å². The van der Waals surface area contributed by atoms with E-state index in [1.807, 2.05) is 66.7 Å². The first-order valence-corrected chi connectivity index (χ1v) is 9.89. The normalized spacial score (nSPS) is 15.1. The van der Waals surface area contributed by atoms with Gasteiger partial charge in [0.25, 0.3) is 0 Å². The Morgan fingerprint density at radius 3 is 1.97 bits per heavy atom. The first kappa shape index (κ1) is 19.5. The average Bonchev–Trinajstić information content (AvgIpc) is 2.90. The van der Waals surface area contributed by atoms with Crippen LogP contribution in [0.25, 0.3) is 0 Å². The Kier molecular flexibility index (Phi) is 5.30. The number of carbonyl (C=O) groups excluding carboxylic acids is 1. The predicted octanol–water partition coefficient (Wildman–Crippen LogP) is 4.73. The highest BCUT2D eigenvalue weighted by molar-refractivity contribution is 9.10. The summed E-state index contributed by atoms with van der Waals surface area (Å²) in [5.74, 6) is 1.30. The van der Waals surface area contributed by atoms with E-state index in [-0.39, 0.29) is 12.5 Å². The molecule has 0 radical (unpaired) electrons. The van der Waals surface area contributed by atoms with Gasteiger partial charge in [-0.2, -0.15) is 0 Å². The maximum Gasteiger partial charge on any atom is 0.250 e. The fraction of sp³-hybridized carbons (Fsp3) is 0.174. The van der Waals surface area contributed by atoms with Crippen molar-refractivity contribution < 1.29 is 19.0 Å². The van der Waals surface area contributed by atoms with Crippen LogP contribution < -0.4 is 14.8 Å². The molecule has 3 aromatic rings. The third kappa shape index (κ3) is 3.50. The van der Waals surface area contributed by atoms with Gasteiger partial charge in [-0.1, -0.05) is 40.2 Å². The van der Waals surface area contributed by atoms with Crippen LogP contribution >= 0.6 is 15.9 Å². The van der Waals surface area contributed by atoms with Gasteiger partial charge in [0.2, 0.25) is 5.91 Å². The van der Waals surface area contributed by atoms with E-state index < -0.39 is 5.60 Å². The van der Waals surface area contributed by atoms with Gasteiger partial charge >= 0.3 is 0 Å². The number of nitrogens with one attached hydrogen (secondary N) is 1. The van der Waals surface area contributed by atoms with E-state index in [0.717, 1.165) is 32.7 Å². The molecule has 3 aromatic carbocycles. The molecule has 148 valence electrons. The van der Waals surface area contributed by atoms with Crippen molar-refractivity contribution in [3.63, 3.8) is 0 Å². The van der Waals surface area contributed by atoms with Gasteiger partial charge in [-0.05, 0) is 53.6 Å². The largest absolute Gasteiger partial charge is 0.497 e. The van der Waals surface area contributed by atoms with E-state index in [1.54, 1.807) is 14.2 Å². The zero-order valence-electron chi connectivity index (χ0n) is 16.1. The lowest BCUT2D eigenvalue weighted by atomic mass is 9.79. The summed E-state index contributed by atoms with van der Waals surface area (Å²) in [6, 6.07) is 21.2. The monoisotopic (exact) mass is 453 g/mol. The van der Waals surface area contributed by atoms with Gasteiger partial charge in [0.1, 0.15) is 23.7 Å². The number of hydrogen-bond donors (Lipinski definition) is 1. The lowest BCUT2D eigenvalue weighted by molar-refractivity contribution is -0.123. The Hall–Kier alpha value is -2.83. The SMILES string of the molecule is COc1ccc(C2(c3ccc(OC)cc3)OCC(=O)Nc3ccc(Br)cc32)cc1. The second kappa shape index (κ2) is 7.89. The van der Waals surface area contributed by atoms with E-state index >= 15 is 0 Å². The Morgan fingerprint density at radius 2 is 1.45 bits per heavy atom. The second-order valence-electron chi connectivity index (χ2n) is 6.66. The molecule has 0 aromatic heterocycles. The zero-order chi connectivity index (χ0) is 20.4. The Balaban J connectivity index is 2.02. The third-order valence-electron chi connectivity index (χ3n) is 5.05. The minimum Gasteiger partial charge on any atom is -0.497 e. The zero-order valence-corrected chi connectivity index (χ0v) is 17.7. The van der Waals surface area contributed by atoms with Crippen molar-refractivity contribution >= 4 is 27.5 Å². The molecule has 0 saturated carbocycles. The van der Waals surface area contributed by atoms with Gasteiger partial charge in [0.15, 0.2) is 0 Å². The van der Waals surface area contributed by atoms with Crippen molar-refractivity contribution in [2.24, 2.45) is 0 Å². The van der Waals surface area contributed by atoms with E-state index in [9.17, 15) is 4.79 Å². The van der Waals surface area contributed by atoms with Crippen LogP contribution in [0, 0.1) is 0 Å². The number of fused-ring (bicyclic) bond motifs is 1. The molecule has 0 unspecified atom stereocenters. The van der Waals surface area contributed by atoms with Crippen LogP contribution in [0.4, 0.5) is 5.69 Å². The van der Waals surface area contributed by atoms with Crippen molar-refractivity contribution in [1.82, 2.24) is 0 Å². The summed E-state index contributed by atoms with van der Waals surface area (Å²) in [5.41, 5.74) is 2.34. The van der Waals surface area contributed by atoms with Crippen LogP contribution in [-0.2, 0) is 15.1 Å². The second-order valence-corrected chi connectivity index (χ2v) is 7.58. The lowest BCUT2D eigenvalue weighted by Crippen LogP contribution is -2.33. The van der Waals surface area contributed by atoms with Gasteiger partial charge < -0.3 is 19.5 Å². The van der Waals surface area contributed by atoms with Crippen LogP contribution in [-0.4, -0.2) is 26.7 Å². The molecule has 1 N–H and O–H groups in total. The minimum atomic E-state index is -0.989. The van der Waals surface area contributed by atoms with E-state index in [0.29, 0.717) is 5.69 Å². The molecule has 5 nitrogen and oxygen atoms in total. The summed E-state index contributed by atoms with van der Waals surface area (Å²) in [7, 11) is 3.26. The van der Waals surface area contributed by atoms with Crippen molar-refractivity contribution in [2.75, 3.05) is 26.1 Å². The molecule has 4 rings (SSSR count). The summed E-state index contributed by atoms with van der Waals surface area (Å²) in [5, 5.41) is 2.95. The Morgan fingerprint density at radius 1 is 0.897 bits per heavy atom. The smallest absolute Gasteiger partial charge is 0.250 e. The molecule has 0 spiro atoms. The van der Waals surface area contributed by atoms with Crippen molar-refractivity contribution in [2.45, 2.75) is 5.60 Å². The molecular formula is C23H20BrNO4. The highest BCUT2D eigenvalue weighted by Crippen LogP contribution is 2.46. The highest BCUT2D eigenvalue weighted by Gasteiger charge is 2.42. The predicted molar refractivity (Wildman–Crippen MR) is 115 cm³/mol. The van der Waals surface area contributed by atoms with Gasteiger partial charge in [-0.3, -0.25) is 4.79 Å². The summed E-state index contributed by atoms with van der Waals surface area (Å²) >= 11 is 3.57. The van der Waals surface area contributed by atoms with E-state index in [2.05, 4.69) is 21.2 Å². The van der Waals surface area contributed by atoms with Crippen LogP contribution in [0.15, 0.2) is 71.2 Å². The number of rotatable bonds is 4. The summed E-state index contributed by atoms with van der Waals surface area (Å²) in [6.07, 6.45) is 0. The molecule has 0 aliphatic carbocycles. The minimum absolute atomic E-state index is 0.0790. The van der Waals surface area contributed by atoms with Crippen LogP contribution in [0.2, 0.25) is 0 Å². The van der Waals surface area contributed by atoms with Crippen LogP contribution in [0.1, 0.15) is 16.7 Å². The molecular weight excluding hydrogens is 434 g/mol. The molecule has 29 heavy (non-hydrogen) atoms. The number of anilines is 1. The topological polar surface area (TPSA) is 56.8 Å². The molecule has 6 heteroatoms. The molecule has 0 atom stereocenters. The molecule has 0 saturated heterocycles. The number of halogens is 1. The quantitative estimate of drug-likeness (QED) is 0.620. The van der Waals surface area contributed by atoms with Gasteiger partial charge in [-0.25, -0.2) is 0 Å². The number of amides is 1. The standard InChI is InChI=1S/C23H20BrNO4/c1-27-18-8-3-15(4-9-18)23(16-5-10-19(28-2)11-6-16)20-13-17(24)7-12-21(20)25-22(26)14-29-23/h3-13H,14H2,1-2H3,(H,25,26). The molecule has 0 fully saturated rings. The molecule has 1 heterocycles. The Bertz CT molecular complexity index is 984. The van der Waals surface area contributed by atoms with Gasteiger partial charge in [0.05, 0.1) is 14.2 Å². The number of benzene rings is 3. The van der Waals surface area contributed by atoms with Crippen molar-refractivity contribution in [3.8, 4) is 11.5 Å². The first-order chi connectivity index (χ1) is 14.1. The fourth-order valence-corrected chi connectivity index (χ4v) is 4.01. The molecule has 0 bridgehead atoms. The highest BCUT2D eigenvalue weighted by atomic mass is 79.9. The number of hydrogen-bond acceptors (Lipinski definition) is 4. The number of carbonyl (C=O) groups is 1. The van der Waals surface area contributed by atoms with Gasteiger partial charge in [0, 0.05) is 15.7 Å². The van der Waals surface area contributed by atoms with E-state index in [1.165, 1.54) is 0 Å². The number of ether oxygens (including phenoxy) is 3. The lowest BCUT2D eigenvalue weighted by Gasteiger charge is -2.35. The van der Waals surface area contributed by atoms with Crippen LogP contribution in [0.5, 0.6) is 11.5 Å².